The number of nitrogens with one attached hydrogen (secondary N) is 1. The van der Waals surface area contributed by atoms with Gasteiger partial charge in [-0.3, -0.25) is 0 Å². The summed E-state index contributed by atoms with van der Waals surface area (Å²) in [4.78, 5) is 0. The lowest BCUT2D eigenvalue weighted by atomic mass is 9.87. The van der Waals surface area contributed by atoms with Gasteiger partial charge in [-0.2, -0.15) is 0 Å². The lowest BCUT2D eigenvalue weighted by Gasteiger charge is -2.28. The molecule has 1 aliphatic carbocycles. The molecule has 1 N–H and O–H groups in total. The second-order valence-electron chi connectivity index (χ2n) is 4.74. The van der Waals surface area contributed by atoms with Gasteiger partial charge in [0.05, 0.1) is 4.47 Å². The third kappa shape index (κ3) is 2.97. The van der Waals surface area contributed by atoms with E-state index < -0.39 is 0 Å². The van der Waals surface area contributed by atoms with Crippen LogP contribution < -0.4 is 5.32 Å². The third-order valence-corrected chi connectivity index (χ3v) is 3.87. The number of hydrogen-bond acceptors (Lipinski definition) is 1. The van der Waals surface area contributed by atoms with Gasteiger partial charge in [0.15, 0.2) is 0 Å². The molecule has 2 unspecified atom stereocenters. The van der Waals surface area contributed by atoms with E-state index in [4.69, 9.17) is 0 Å². The normalized spacial score (nSPS) is 25.4. The van der Waals surface area contributed by atoms with Crippen LogP contribution >= 0.6 is 15.9 Å². The molecule has 3 heteroatoms. The van der Waals surface area contributed by atoms with E-state index >= 15 is 0 Å². The van der Waals surface area contributed by atoms with Crippen LogP contribution in [0.2, 0.25) is 0 Å². The SMILES string of the molecule is CC1CCCC(Nc2ccc(Br)c(F)c2)C1. The zero-order chi connectivity index (χ0) is 11.5. The Morgan fingerprint density at radius 1 is 1.38 bits per heavy atom. The van der Waals surface area contributed by atoms with Crippen LogP contribution in [0.4, 0.5) is 10.1 Å². The van der Waals surface area contributed by atoms with Gasteiger partial charge in [-0.15, -0.1) is 0 Å². The van der Waals surface area contributed by atoms with E-state index in [1.807, 2.05) is 6.07 Å². The fraction of sp³-hybridized carbons (Fsp3) is 0.538. The lowest BCUT2D eigenvalue weighted by Crippen LogP contribution is -2.26. The van der Waals surface area contributed by atoms with Gasteiger partial charge in [0.2, 0.25) is 0 Å². The Balaban J connectivity index is 2.00. The highest BCUT2D eigenvalue weighted by atomic mass is 79.9. The van der Waals surface area contributed by atoms with Crippen molar-refractivity contribution in [3.05, 3.63) is 28.5 Å². The summed E-state index contributed by atoms with van der Waals surface area (Å²) in [6.07, 6.45) is 4.99. The molecule has 1 nitrogen and oxygen atoms in total. The predicted molar refractivity (Wildman–Crippen MR) is 69.1 cm³/mol. The average Bonchev–Trinajstić information content (AvgIpc) is 2.24. The highest BCUT2D eigenvalue weighted by Gasteiger charge is 2.18. The van der Waals surface area contributed by atoms with Crippen molar-refractivity contribution in [2.24, 2.45) is 5.92 Å². The highest BCUT2D eigenvalue weighted by Crippen LogP contribution is 2.27. The molecule has 0 heterocycles. The molecule has 1 saturated carbocycles. The fourth-order valence-corrected chi connectivity index (χ4v) is 2.63. The van der Waals surface area contributed by atoms with E-state index in [0.29, 0.717) is 10.5 Å². The Morgan fingerprint density at radius 2 is 2.19 bits per heavy atom. The molecule has 2 atom stereocenters. The lowest BCUT2D eigenvalue weighted by molar-refractivity contribution is 0.358. The summed E-state index contributed by atoms with van der Waals surface area (Å²) in [5.41, 5.74) is 0.889. The minimum atomic E-state index is -0.200. The predicted octanol–water partition coefficient (Wildman–Crippen LogP) is 4.58. The molecule has 0 radical (unpaired) electrons. The summed E-state index contributed by atoms with van der Waals surface area (Å²) >= 11 is 3.16. The Morgan fingerprint density at radius 3 is 2.88 bits per heavy atom. The number of anilines is 1. The molecule has 16 heavy (non-hydrogen) atoms. The summed E-state index contributed by atoms with van der Waals surface area (Å²) in [5.74, 6) is 0.584. The van der Waals surface area contributed by atoms with Crippen molar-refractivity contribution in [1.29, 1.82) is 0 Å². The molecule has 1 aromatic carbocycles. The van der Waals surface area contributed by atoms with E-state index in [-0.39, 0.29) is 5.82 Å². The molecule has 0 aromatic heterocycles. The molecule has 1 fully saturated rings. The van der Waals surface area contributed by atoms with Crippen LogP contribution in [0.3, 0.4) is 0 Å². The van der Waals surface area contributed by atoms with E-state index in [1.54, 1.807) is 12.1 Å². The molecule has 0 saturated heterocycles. The van der Waals surface area contributed by atoms with Crippen LogP contribution in [-0.2, 0) is 0 Å². The molecule has 0 bridgehead atoms. The zero-order valence-electron chi connectivity index (χ0n) is 9.47. The molecule has 0 aliphatic heterocycles. The minimum Gasteiger partial charge on any atom is -0.382 e. The second kappa shape index (κ2) is 5.17. The van der Waals surface area contributed by atoms with Crippen molar-refractivity contribution in [1.82, 2.24) is 0 Å². The van der Waals surface area contributed by atoms with Crippen LogP contribution in [-0.4, -0.2) is 6.04 Å². The number of rotatable bonds is 2. The van der Waals surface area contributed by atoms with Gasteiger partial charge in [-0.05, 0) is 52.9 Å². The fourth-order valence-electron chi connectivity index (χ4n) is 2.39. The van der Waals surface area contributed by atoms with Crippen molar-refractivity contribution in [2.75, 3.05) is 5.32 Å². The van der Waals surface area contributed by atoms with Gasteiger partial charge in [0.25, 0.3) is 0 Å². The minimum absolute atomic E-state index is 0.200. The van der Waals surface area contributed by atoms with Gasteiger partial charge < -0.3 is 5.32 Å². The molecule has 0 amide bonds. The maximum absolute atomic E-state index is 13.3. The number of halogens is 2. The van der Waals surface area contributed by atoms with Crippen LogP contribution in [0.15, 0.2) is 22.7 Å². The Hall–Kier alpha value is -0.570. The first kappa shape index (κ1) is 11.9. The van der Waals surface area contributed by atoms with Crippen LogP contribution in [0.25, 0.3) is 0 Å². The van der Waals surface area contributed by atoms with Gasteiger partial charge in [-0.1, -0.05) is 19.8 Å². The van der Waals surface area contributed by atoms with E-state index in [0.717, 1.165) is 11.6 Å². The average molecular weight is 286 g/mol. The van der Waals surface area contributed by atoms with Crippen LogP contribution in [0.1, 0.15) is 32.6 Å². The Kier molecular flexibility index (Phi) is 3.85. The van der Waals surface area contributed by atoms with Crippen LogP contribution in [0, 0.1) is 11.7 Å². The quantitative estimate of drug-likeness (QED) is 0.839. The van der Waals surface area contributed by atoms with Crippen molar-refractivity contribution in [3.63, 3.8) is 0 Å². The van der Waals surface area contributed by atoms with Crippen LogP contribution in [0.5, 0.6) is 0 Å². The number of hydrogen-bond donors (Lipinski definition) is 1. The second-order valence-corrected chi connectivity index (χ2v) is 5.60. The Bertz CT molecular complexity index is 367. The van der Waals surface area contributed by atoms with E-state index in [2.05, 4.69) is 28.2 Å². The molecule has 88 valence electrons. The molecule has 1 aliphatic rings. The zero-order valence-corrected chi connectivity index (χ0v) is 11.1. The van der Waals surface area contributed by atoms with E-state index in [1.165, 1.54) is 25.7 Å². The highest BCUT2D eigenvalue weighted by molar-refractivity contribution is 9.10. The van der Waals surface area contributed by atoms with Crippen molar-refractivity contribution >= 4 is 21.6 Å². The maximum atomic E-state index is 13.3. The maximum Gasteiger partial charge on any atom is 0.139 e. The monoisotopic (exact) mass is 285 g/mol. The van der Waals surface area contributed by atoms with Gasteiger partial charge in [-0.25, -0.2) is 4.39 Å². The topological polar surface area (TPSA) is 12.0 Å². The smallest absolute Gasteiger partial charge is 0.139 e. The van der Waals surface area contributed by atoms with Gasteiger partial charge in [0, 0.05) is 11.7 Å². The standard InChI is InChI=1S/C13H17BrFN/c1-9-3-2-4-10(7-9)16-11-5-6-12(14)13(15)8-11/h5-6,8-10,16H,2-4,7H2,1H3. The van der Waals surface area contributed by atoms with Gasteiger partial charge >= 0.3 is 0 Å². The summed E-state index contributed by atoms with van der Waals surface area (Å²) < 4.78 is 13.8. The summed E-state index contributed by atoms with van der Waals surface area (Å²) in [7, 11) is 0. The summed E-state index contributed by atoms with van der Waals surface area (Å²) in [6, 6.07) is 5.74. The van der Waals surface area contributed by atoms with Crippen molar-refractivity contribution in [3.8, 4) is 0 Å². The summed E-state index contributed by atoms with van der Waals surface area (Å²) in [6.45, 7) is 2.29. The van der Waals surface area contributed by atoms with Crippen molar-refractivity contribution < 1.29 is 4.39 Å². The largest absolute Gasteiger partial charge is 0.382 e. The van der Waals surface area contributed by atoms with Gasteiger partial charge in [0.1, 0.15) is 5.82 Å². The molecule has 2 rings (SSSR count). The molecular weight excluding hydrogens is 269 g/mol. The Labute approximate surface area is 105 Å². The number of benzene rings is 1. The molecule has 0 spiro atoms. The first-order valence-corrected chi connectivity index (χ1v) is 6.66. The molecular formula is C13H17BrFN. The van der Waals surface area contributed by atoms with Crippen molar-refractivity contribution in [2.45, 2.75) is 38.6 Å². The first-order valence-electron chi connectivity index (χ1n) is 5.87. The third-order valence-electron chi connectivity index (χ3n) is 3.23. The van der Waals surface area contributed by atoms with E-state index in [9.17, 15) is 4.39 Å². The molecule has 1 aromatic rings. The summed E-state index contributed by atoms with van der Waals surface area (Å²) in [5, 5.41) is 3.42. The first-order chi connectivity index (χ1) is 7.65.